The Morgan fingerprint density at radius 2 is 0.928 bits per heavy atom. The first-order valence-electron chi connectivity index (χ1n) is 25.7. The first kappa shape index (κ1) is 61.3. The van der Waals surface area contributed by atoms with Crippen molar-refractivity contribution in [3.05, 3.63) is 36.5 Å². The fraction of sp³-hybridized carbons (Fsp3) is 0.860. The summed E-state index contributed by atoms with van der Waals surface area (Å²) in [4.78, 5) is 13.2. The molecule has 402 valence electrons. The van der Waals surface area contributed by atoms with Crippen LogP contribution in [0.4, 0.5) is 0 Å². The van der Waals surface area contributed by atoms with Gasteiger partial charge in [-0.1, -0.05) is 115 Å². The van der Waals surface area contributed by atoms with E-state index in [4.69, 9.17) is 28.4 Å². The SMILES string of the molecule is CCCCCC/C=C\CCCCCCCC(=O)NC(COC1OC(CO)C(OC2OC(CO)C(OC3OC(CO)C(O)C(O)C3O)C(O)C2O)C(O)C1O)C(O)/C=C/CC/C=C/CCCCCCC. The Morgan fingerprint density at radius 1 is 0.507 bits per heavy atom. The summed E-state index contributed by atoms with van der Waals surface area (Å²) in [6.45, 7) is 1.60. The van der Waals surface area contributed by atoms with E-state index < -0.39 is 124 Å². The van der Waals surface area contributed by atoms with E-state index in [2.05, 4.69) is 43.5 Å². The molecule has 0 aromatic heterocycles. The minimum atomic E-state index is -1.98. The van der Waals surface area contributed by atoms with Gasteiger partial charge in [0, 0.05) is 6.42 Å². The molecule has 0 aromatic rings. The molecule has 0 aromatic carbocycles. The highest BCUT2D eigenvalue weighted by Gasteiger charge is 2.53. The van der Waals surface area contributed by atoms with Crippen LogP contribution in [0.1, 0.15) is 142 Å². The van der Waals surface area contributed by atoms with Gasteiger partial charge in [0.05, 0.1) is 38.6 Å². The number of hydrogen-bond acceptors (Lipinski definition) is 18. The van der Waals surface area contributed by atoms with Crippen LogP contribution in [0.25, 0.3) is 0 Å². The van der Waals surface area contributed by atoms with Crippen molar-refractivity contribution in [2.24, 2.45) is 0 Å². The van der Waals surface area contributed by atoms with Gasteiger partial charge in [0.1, 0.15) is 73.2 Å². The Kier molecular flexibility index (Phi) is 31.3. The largest absolute Gasteiger partial charge is 0.394 e. The number of carbonyl (C=O) groups excluding carboxylic acids is 1. The second-order valence-electron chi connectivity index (χ2n) is 18.6. The van der Waals surface area contributed by atoms with Crippen LogP contribution >= 0.6 is 0 Å². The Morgan fingerprint density at radius 3 is 1.46 bits per heavy atom. The summed E-state index contributed by atoms with van der Waals surface area (Å²) in [6.07, 6.45) is 5.87. The number of ether oxygens (including phenoxy) is 6. The summed E-state index contributed by atoms with van der Waals surface area (Å²) in [6, 6.07) is -0.989. The first-order valence-corrected chi connectivity index (χ1v) is 25.7. The molecular formula is C50H89NO18. The molecule has 3 heterocycles. The zero-order chi connectivity index (χ0) is 50.6. The summed E-state index contributed by atoms with van der Waals surface area (Å²) in [7, 11) is 0. The highest BCUT2D eigenvalue weighted by atomic mass is 16.8. The average Bonchev–Trinajstić information content (AvgIpc) is 3.34. The minimum absolute atomic E-state index is 0.224. The predicted octanol–water partition coefficient (Wildman–Crippen LogP) is 1.81. The van der Waals surface area contributed by atoms with Gasteiger partial charge in [0.15, 0.2) is 18.9 Å². The number of allylic oxidation sites excluding steroid dienone is 5. The molecule has 0 aliphatic carbocycles. The van der Waals surface area contributed by atoms with E-state index >= 15 is 0 Å². The van der Waals surface area contributed by atoms with Gasteiger partial charge in [-0.3, -0.25) is 4.79 Å². The van der Waals surface area contributed by atoms with Crippen molar-refractivity contribution in [2.45, 2.75) is 247 Å². The lowest BCUT2D eigenvalue weighted by atomic mass is 9.96. The third kappa shape index (κ3) is 21.2. The van der Waals surface area contributed by atoms with E-state index in [9.17, 15) is 61.0 Å². The highest BCUT2D eigenvalue weighted by molar-refractivity contribution is 5.76. The lowest BCUT2D eigenvalue weighted by Gasteiger charge is -2.48. The molecule has 1 amide bonds. The van der Waals surface area contributed by atoms with E-state index in [1.807, 2.05) is 6.08 Å². The fourth-order valence-corrected chi connectivity index (χ4v) is 8.55. The summed E-state index contributed by atoms with van der Waals surface area (Å²) in [5, 5.41) is 119. The van der Waals surface area contributed by atoms with Crippen molar-refractivity contribution in [1.29, 1.82) is 0 Å². The number of aliphatic hydroxyl groups excluding tert-OH is 11. The number of carbonyl (C=O) groups is 1. The smallest absolute Gasteiger partial charge is 0.220 e. The Labute approximate surface area is 409 Å². The molecule has 12 N–H and O–H groups in total. The normalized spacial score (nSPS) is 33.1. The molecule has 3 aliphatic heterocycles. The molecular weight excluding hydrogens is 903 g/mol. The summed E-state index contributed by atoms with van der Waals surface area (Å²) in [5.74, 6) is -0.300. The van der Waals surface area contributed by atoms with E-state index in [-0.39, 0.29) is 18.9 Å². The second kappa shape index (κ2) is 35.2. The third-order valence-electron chi connectivity index (χ3n) is 12.9. The van der Waals surface area contributed by atoms with Gasteiger partial charge in [-0.05, 0) is 57.8 Å². The standard InChI is InChI=1S/C50H89NO18/c1-3-5-7-9-11-13-15-16-18-20-22-24-26-28-38(56)51-33(34(55)27-25-23-21-19-17-14-12-10-8-6-4-2)32-64-48-44(62)41(59)46(36(30-53)66-48)69-50-45(63)42(60)47(37(31-54)67-50)68-49-43(61)40(58)39(57)35(29-52)65-49/h13,15,17,19,25,27,33-37,39-50,52-55,57-63H,3-12,14,16,18,20-24,26,28-32H2,1-2H3,(H,51,56)/b15-13-,19-17+,27-25+. The Balaban J connectivity index is 1.58. The van der Waals surface area contributed by atoms with Crippen molar-refractivity contribution in [1.82, 2.24) is 5.32 Å². The quantitative estimate of drug-likeness (QED) is 0.0318. The maximum absolute atomic E-state index is 13.2. The van der Waals surface area contributed by atoms with Crippen LogP contribution in [0.5, 0.6) is 0 Å². The fourth-order valence-electron chi connectivity index (χ4n) is 8.55. The molecule has 0 spiro atoms. The van der Waals surface area contributed by atoms with Gasteiger partial charge in [-0.2, -0.15) is 0 Å². The number of nitrogens with one attached hydrogen (secondary N) is 1. The maximum atomic E-state index is 13.2. The van der Waals surface area contributed by atoms with Gasteiger partial charge in [0.2, 0.25) is 5.91 Å². The topological polar surface area (TPSA) is 307 Å². The number of rotatable bonds is 35. The van der Waals surface area contributed by atoms with Gasteiger partial charge < -0.3 is 89.9 Å². The maximum Gasteiger partial charge on any atom is 0.220 e. The molecule has 17 unspecified atom stereocenters. The lowest BCUT2D eigenvalue weighted by Crippen LogP contribution is -2.66. The van der Waals surface area contributed by atoms with Gasteiger partial charge in [-0.25, -0.2) is 0 Å². The van der Waals surface area contributed by atoms with Crippen LogP contribution in [-0.2, 0) is 33.2 Å². The van der Waals surface area contributed by atoms with E-state index in [1.165, 1.54) is 51.4 Å². The third-order valence-corrected chi connectivity index (χ3v) is 12.9. The van der Waals surface area contributed by atoms with E-state index in [0.717, 1.165) is 57.8 Å². The molecule has 0 bridgehead atoms. The minimum Gasteiger partial charge on any atom is -0.394 e. The van der Waals surface area contributed by atoms with Crippen molar-refractivity contribution in [2.75, 3.05) is 26.4 Å². The van der Waals surface area contributed by atoms with E-state index in [1.54, 1.807) is 6.08 Å². The molecule has 19 nitrogen and oxygen atoms in total. The molecule has 3 rings (SSSR count). The molecule has 3 fully saturated rings. The zero-order valence-electron chi connectivity index (χ0n) is 41.0. The average molecular weight is 992 g/mol. The van der Waals surface area contributed by atoms with Crippen LogP contribution in [0.15, 0.2) is 36.5 Å². The summed E-state index contributed by atoms with van der Waals surface area (Å²) >= 11 is 0. The summed E-state index contributed by atoms with van der Waals surface area (Å²) in [5.41, 5.74) is 0. The van der Waals surface area contributed by atoms with Crippen LogP contribution in [0.3, 0.4) is 0 Å². The van der Waals surface area contributed by atoms with Gasteiger partial charge in [-0.15, -0.1) is 0 Å². The number of hydrogen-bond donors (Lipinski definition) is 12. The molecule has 0 radical (unpaired) electrons. The lowest BCUT2D eigenvalue weighted by molar-refractivity contribution is -0.379. The number of amides is 1. The first-order chi connectivity index (χ1) is 33.3. The molecule has 69 heavy (non-hydrogen) atoms. The van der Waals surface area contributed by atoms with E-state index in [0.29, 0.717) is 12.8 Å². The van der Waals surface area contributed by atoms with Crippen molar-refractivity contribution in [3.8, 4) is 0 Å². The monoisotopic (exact) mass is 992 g/mol. The molecule has 3 aliphatic rings. The van der Waals surface area contributed by atoms with Crippen molar-refractivity contribution >= 4 is 5.91 Å². The predicted molar refractivity (Wildman–Crippen MR) is 254 cm³/mol. The Bertz CT molecular complexity index is 1420. The van der Waals surface area contributed by atoms with Crippen molar-refractivity contribution < 1.29 is 89.4 Å². The highest BCUT2D eigenvalue weighted by Crippen LogP contribution is 2.33. The second-order valence-corrected chi connectivity index (χ2v) is 18.6. The summed E-state index contributed by atoms with van der Waals surface area (Å²) < 4.78 is 34.0. The van der Waals surface area contributed by atoms with Gasteiger partial charge >= 0.3 is 0 Å². The van der Waals surface area contributed by atoms with Crippen LogP contribution in [0, 0.1) is 0 Å². The zero-order valence-corrected chi connectivity index (χ0v) is 41.0. The van der Waals surface area contributed by atoms with Crippen LogP contribution in [-0.4, -0.2) is 193 Å². The number of unbranched alkanes of at least 4 members (excludes halogenated alkanes) is 15. The molecule has 17 atom stereocenters. The number of aliphatic hydroxyl groups is 11. The van der Waals surface area contributed by atoms with Crippen molar-refractivity contribution in [3.63, 3.8) is 0 Å². The molecule has 0 saturated carbocycles. The molecule has 19 heteroatoms. The van der Waals surface area contributed by atoms with Crippen LogP contribution < -0.4 is 5.32 Å². The van der Waals surface area contributed by atoms with Crippen LogP contribution in [0.2, 0.25) is 0 Å². The van der Waals surface area contributed by atoms with Gasteiger partial charge in [0.25, 0.3) is 0 Å². The molecule has 3 saturated heterocycles. The Hall–Kier alpha value is -1.99.